The van der Waals surface area contributed by atoms with Crippen LogP contribution in [0.1, 0.15) is 17.3 Å². The van der Waals surface area contributed by atoms with Crippen molar-refractivity contribution < 1.29 is 4.79 Å². The summed E-state index contributed by atoms with van der Waals surface area (Å²) in [5.41, 5.74) is 0.702. The highest BCUT2D eigenvalue weighted by Crippen LogP contribution is 2.06. The Morgan fingerprint density at radius 1 is 1.75 bits per heavy atom. The lowest BCUT2D eigenvalue weighted by Crippen LogP contribution is -1.94. The van der Waals surface area contributed by atoms with Crippen LogP contribution in [0.2, 0.25) is 0 Å². The van der Waals surface area contributed by atoms with Crippen molar-refractivity contribution >= 4 is 17.4 Å². The molecule has 0 aromatic carbocycles. The van der Waals surface area contributed by atoms with Crippen LogP contribution in [0.15, 0.2) is 30.1 Å². The van der Waals surface area contributed by atoms with E-state index in [1.165, 1.54) is 6.92 Å². The zero-order valence-electron chi connectivity index (χ0n) is 6.88. The fourth-order valence-corrected chi connectivity index (χ4v) is 1.08. The number of carbonyl (C=O) groups is 1. The van der Waals surface area contributed by atoms with E-state index in [4.69, 9.17) is 11.6 Å². The van der Waals surface area contributed by atoms with E-state index < -0.39 is 0 Å². The van der Waals surface area contributed by atoms with Crippen molar-refractivity contribution in [2.24, 2.45) is 0 Å². The fraction of sp³-hybridized carbons (Fsp3) is 0.222. The van der Waals surface area contributed by atoms with Crippen LogP contribution in [0.5, 0.6) is 0 Å². The Balaban J connectivity index is 2.77. The molecule has 0 aliphatic heterocycles. The van der Waals surface area contributed by atoms with Gasteiger partial charge in [0.15, 0.2) is 5.78 Å². The third-order valence-electron chi connectivity index (χ3n) is 1.51. The number of allylic oxidation sites excluding steroid dienone is 1. The van der Waals surface area contributed by atoms with E-state index in [0.717, 1.165) is 0 Å². The third-order valence-corrected chi connectivity index (χ3v) is 1.63. The van der Waals surface area contributed by atoms with Crippen molar-refractivity contribution in [1.29, 1.82) is 0 Å². The summed E-state index contributed by atoms with van der Waals surface area (Å²) in [6, 6.07) is 1.77. The Bertz CT molecular complexity index is 314. The highest BCUT2D eigenvalue weighted by Gasteiger charge is 2.00. The predicted octanol–water partition coefficient (Wildman–Crippen LogP) is 2.44. The molecule has 0 aliphatic rings. The minimum Gasteiger partial charge on any atom is -0.348 e. The molecule has 3 heteroatoms. The number of carbonyl (C=O) groups excluding carboxylic acids is 1. The molecular weight excluding hydrogens is 174 g/mol. The lowest BCUT2D eigenvalue weighted by atomic mass is 10.2. The molecule has 0 unspecified atom stereocenters. The summed E-state index contributed by atoms with van der Waals surface area (Å²) >= 11 is 5.60. The first-order chi connectivity index (χ1) is 5.59. The molecular formula is C9H10ClNO. The number of Topliss-reactive ketones (excluding diaryl/α,β-unsaturated/α-hetero) is 1. The predicted molar refractivity (Wildman–Crippen MR) is 49.4 cm³/mol. The van der Waals surface area contributed by atoms with Gasteiger partial charge < -0.3 is 4.57 Å². The van der Waals surface area contributed by atoms with Gasteiger partial charge in [0.2, 0.25) is 0 Å². The van der Waals surface area contributed by atoms with Gasteiger partial charge in [-0.15, -0.1) is 0 Å². The van der Waals surface area contributed by atoms with Crippen LogP contribution < -0.4 is 0 Å². The molecule has 1 aromatic rings. The van der Waals surface area contributed by atoms with E-state index in [1.54, 1.807) is 12.3 Å². The second-order valence-corrected chi connectivity index (χ2v) is 3.18. The van der Waals surface area contributed by atoms with Gasteiger partial charge in [-0.1, -0.05) is 18.2 Å². The monoisotopic (exact) mass is 183 g/mol. The smallest absolute Gasteiger partial charge is 0.161 e. The first-order valence-electron chi connectivity index (χ1n) is 3.59. The molecule has 0 saturated heterocycles. The number of hydrogen-bond donors (Lipinski definition) is 0. The van der Waals surface area contributed by atoms with Gasteiger partial charge in [-0.05, 0) is 13.0 Å². The average molecular weight is 184 g/mol. The van der Waals surface area contributed by atoms with E-state index in [-0.39, 0.29) is 5.78 Å². The fourth-order valence-electron chi connectivity index (χ4n) is 0.945. The molecule has 12 heavy (non-hydrogen) atoms. The maximum Gasteiger partial charge on any atom is 0.161 e. The van der Waals surface area contributed by atoms with Gasteiger partial charge in [-0.2, -0.15) is 0 Å². The molecule has 64 valence electrons. The standard InChI is InChI=1S/C9H10ClNO/c1-7(10)5-11-4-3-9(6-11)8(2)12/h3-4,6H,1,5H2,2H3. The van der Waals surface area contributed by atoms with E-state index in [2.05, 4.69) is 6.58 Å². The highest BCUT2D eigenvalue weighted by atomic mass is 35.5. The Morgan fingerprint density at radius 2 is 2.42 bits per heavy atom. The lowest BCUT2D eigenvalue weighted by molar-refractivity contribution is 0.101. The second kappa shape index (κ2) is 3.59. The topological polar surface area (TPSA) is 22.0 Å². The summed E-state index contributed by atoms with van der Waals surface area (Å²) in [6.45, 7) is 5.65. The average Bonchev–Trinajstić information content (AvgIpc) is 2.34. The van der Waals surface area contributed by atoms with Crippen LogP contribution in [0.3, 0.4) is 0 Å². The van der Waals surface area contributed by atoms with Crippen LogP contribution in [-0.2, 0) is 6.54 Å². The van der Waals surface area contributed by atoms with Crippen LogP contribution in [0.25, 0.3) is 0 Å². The molecule has 1 rings (SSSR count). The summed E-state index contributed by atoms with van der Waals surface area (Å²) in [7, 11) is 0. The largest absolute Gasteiger partial charge is 0.348 e. The number of nitrogens with zero attached hydrogens (tertiary/aromatic N) is 1. The van der Waals surface area contributed by atoms with Crippen LogP contribution in [0.4, 0.5) is 0 Å². The van der Waals surface area contributed by atoms with E-state index >= 15 is 0 Å². The number of rotatable bonds is 3. The van der Waals surface area contributed by atoms with Gasteiger partial charge in [0.25, 0.3) is 0 Å². The Kier molecular flexibility index (Phi) is 2.71. The molecule has 0 spiro atoms. The van der Waals surface area contributed by atoms with Gasteiger partial charge in [-0.25, -0.2) is 0 Å². The maximum atomic E-state index is 10.9. The summed E-state index contributed by atoms with van der Waals surface area (Å²) in [4.78, 5) is 10.9. The van der Waals surface area contributed by atoms with Crippen molar-refractivity contribution in [1.82, 2.24) is 4.57 Å². The van der Waals surface area contributed by atoms with E-state index in [1.807, 2.05) is 10.8 Å². The van der Waals surface area contributed by atoms with E-state index in [9.17, 15) is 4.79 Å². The summed E-state index contributed by atoms with van der Waals surface area (Å²) in [5, 5.41) is 0.556. The third kappa shape index (κ3) is 2.24. The first kappa shape index (κ1) is 9.07. The van der Waals surface area contributed by atoms with E-state index in [0.29, 0.717) is 17.1 Å². The molecule has 0 fully saturated rings. The normalized spacial score (nSPS) is 9.83. The van der Waals surface area contributed by atoms with Crippen molar-refractivity contribution in [2.75, 3.05) is 0 Å². The van der Waals surface area contributed by atoms with Gasteiger partial charge in [0.1, 0.15) is 0 Å². The molecule has 0 aliphatic carbocycles. The van der Waals surface area contributed by atoms with Gasteiger partial charge in [0, 0.05) is 23.0 Å². The quantitative estimate of drug-likeness (QED) is 0.660. The SMILES string of the molecule is C=C(Cl)Cn1ccc(C(C)=O)c1. The molecule has 0 saturated carbocycles. The summed E-state index contributed by atoms with van der Waals surface area (Å²) in [5.74, 6) is 0.0638. The van der Waals surface area contributed by atoms with Gasteiger partial charge >= 0.3 is 0 Å². The first-order valence-corrected chi connectivity index (χ1v) is 3.97. The Labute approximate surface area is 76.5 Å². The van der Waals surface area contributed by atoms with Crippen molar-refractivity contribution in [2.45, 2.75) is 13.5 Å². The zero-order chi connectivity index (χ0) is 9.14. The van der Waals surface area contributed by atoms with Crippen molar-refractivity contribution in [3.63, 3.8) is 0 Å². The number of hydrogen-bond acceptors (Lipinski definition) is 1. The number of halogens is 1. The molecule has 2 nitrogen and oxygen atoms in total. The summed E-state index contributed by atoms with van der Waals surface area (Å²) < 4.78 is 1.83. The second-order valence-electron chi connectivity index (χ2n) is 2.65. The van der Waals surface area contributed by atoms with Crippen LogP contribution >= 0.6 is 11.6 Å². The summed E-state index contributed by atoms with van der Waals surface area (Å²) in [6.07, 6.45) is 3.57. The van der Waals surface area contributed by atoms with Gasteiger partial charge in [0.05, 0.1) is 6.54 Å². The molecule has 0 bridgehead atoms. The highest BCUT2D eigenvalue weighted by molar-refractivity contribution is 6.29. The lowest BCUT2D eigenvalue weighted by Gasteiger charge is -1.97. The molecule has 1 heterocycles. The van der Waals surface area contributed by atoms with Crippen molar-refractivity contribution in [3.05, 3.63) is 35.6 Å². The minimum atomic E-state index is 0.0638. The molecule has 0 amide bonds. The van der Waals surface area contributed by atoms with Crippen LogP contribution in [-0.4, -0.2) is 10.4 Å². The molecule has 0 atom stereocenters. The Hall–Kier alpha value is -1.02. The molecule has 0 radical (unpaired) electrons. The maximum absolute atomic E-state index is 10.9. The van der Waals surface area contributed by atoms with Crippen LogP contribution in [0, 0.1) is 0 Å². The molecule has 1 aromatic heterocycles. The number of aromatic nitrogens is 1. The minimum absolute atomic E-state index is 0.0638. The Morgan fingerprint density at radius 3 is 2.83 bits per heavy atom. The zero-order valence-corrected chi connectivity index (χ0v) is 7.64. The number of ketones is 1. The van der Waals surface area contributed by atoms with Crippen molar-refractivity contribution in [3.8, 4) is 0 Å². The molecule has 0 N–H and O–H groups in total. The van der Waals surface area contributed by atoms with Gasteiger partial charge in [-0.3, -0.25) is 4.79 Å².